The van der Waals surface area contributed by atoms with E-state index >= 15 is 0 Å². The molecule has 0 saturated carbocycles. The maximum absolute atomic E-state index is 10.9. The van der Waals surface area contributed by atoms with Gasteiger partial charge in [0.15, 0.2) is 0 Å². The highest BCUT2D eigenvalue weighted by Gasteiger charge is 1.96. The van der Waals surface area contributed by atoms with Gasteiger partial charge in [-0.2, -0.15) is 0 Å². The highest BCUT2D eigenvalue weighted by atomic mass is 16.1. The summed E-state index contributed by atoms with van der Waals surface area (Å²) < 4.78 is 0. The van der Waals surface area contributed by atoms with Crippen molar-refractivity contribution in [2.75, 3.05) is 0 Å². The van der Waals surface area contributed by atoms with E-state index < -0.39 is 0 Å². The third-order valence-corrected chi connectivity index (χ3v) is 1.56. The first kappa shape index (κ1) is 7.89. The first-order valence-corrected chi connectivity index (χ1v) is 3.91. The molecular formula is C10H10O. The SMILES string of the molecule is O=C1C#CC#CCCCCC1. The summed E-state index contributed by atoms with van der Waals surface area (Å²) in [6.07, 6.45) is 4.69. The fraction of sp³-hybridized carbons (Fsp3) is 0.500. The van der Waals surface area contributed by atoms with Crippen LogP contribution in [0, 0.1) is 23.7 Å². The van der Waals surface area contributed by atoms with E-state index in [9.17, 15) is 4.79 Å². The Balaban J connectivity index is 2.56. The lowest BCUT2D eigenvalue weighted by Gasteiger charge is -1.94. The second-order valence-electron chi connectivity index (χ2n) is 2.54. The van der Waals surface area contributed by atoms with Gasteiger partial charge in [0.25, 0.3) is 0 Å². The predicted octanol–water partition coefficient (Wildman–Crippen LogP) is 1.53. The van der Waals surface area contributed by atoms with Crippen LogP contribution >= 0.6 is 0 Å². The third kappa shape index (κ3) is 3.48. The van der Waals surface area contributed by atoms with Crippen molar-refractivity contribution in [1.29, 1.82) is 0 Å². The quantitative estimate of drug-likeness (QED) is 0.374. The zero-order valence-electron chi connectivity index (χ0n) is 6.44. The van der Waals surface area contributed by atoms with Gasteiger partial charge in [-0.05, 0) is 30.6 Å². The topological polar surface area (TPSA) is 17.1 Å². The molecule has 0 aromatic rings. The van der Waals surface area contributed by atoms with E-state index in [-0.39, 0.29) is 5.78 Å². The van der Waals surface area contributed by atoms with Crippen LogP contribution in [-0.2, 0) is 4.79 Å². The largest absolute Gasteiger partial charge is 0.285 e. The van der Waals surface area contributed by atoms with E-state index in [2.05, 4.69) is 23.7 Å². The van der Waals surface area contributed by atoms with Gasteiger partial charge in [-0.3, -0.25) is 4.79 Å². The van der Waals surface area contributed by atoms with E-state index in [1.54, 1.807) is 0 Å². The van der Waals surface area contributed by atoms with Crippen LogP contribution in [0.4, 0.5) is 0 Å². The lowest BCUT2D eigenvalue weighted by atomic mass is 10.1. The van der Waals surface area contributed by atoms with Gasteiger partial charge < -0.3 is 0 Å². The molecule has 0 bridgehead atoms. The molecule has 1 heteroatoms. The molecule has 0 radical (unpaired) electrons. The molecule has 1 rings (SSSR count). The Bertz CT molecular complexity index is 254. The molecule has 0 aromatic heterocycles. The maximum Gasteiger partial charge on any atom is 0.206 e. The number of ketones is 1. The minimum Gasteiger partial charge on any atom is -0.285 e. The summed E-state index contributed by atoms with van der Waals surface area (Å²) in [6, 6.07) is 0. The fourth-order valence-electron chi connectivity index (χ4n) is 0.946. The molecule has 0 saturated heterocycles. The lowest BCUT2D eigenvalue weighted by Crippen LogP contribution is -1.93. The van der Waals surface area contributed by atoms with Gasteiger partial charge >= 0.3 is 0 Å². The highest BCUT2D eigenvalue weighted by Crippen LogP contribution is 2.02. The second kappa shape index (κ2) is 4.58. The molecule has 0 spiro atoms. The van der Waals surface area contributed by atoms with Crippen LogP contribution in [0.5, 0.6) is 0 Å². The molecule has 56 valence electrons. The van der Waals surface area contributed by atoms with Gasteiger partial charge in [-0.15, -0.1) is 0 Å². The van der Waals surface area contributed by atoms with Gasteiger partial charge in [-0.1, -0.05) is 12.3 Å². The van der Waals surface area contributed by atoms with Crippen LogP contribution in [0.3, 0.4) is 0 Å². The van der Waals surface area contributed by atoms with Gasteiger partial charge in [0.2, 0.25) is 5.78 Å². The number of carbonyl (C=O) groups is 1. The van der Waals surface area contributed by atoms with Crippen LogP contribution in [0.25, 0.3) is 0 Å². The van der Waals surface area contributed by atoms with E-state index in [0.717, 1.165) is 25.7 Å². The molecule has 0 fully saturated rings. The van der Waals surface area contributed by atoms with Crippen molar-refractivity contribution < 1.29 is 4.79 Å². The smallest absolute Gasteiger partial charge is 0.206 e. The van der Waals surface area contributed by atoms with Crippen molar-refractivity contribution in [2.45, 2.75) is 32.1 Å². The summed E-state index contributed by atoms with van der Waals surface area (Å²) in [6.45, 7) is 0. The molecule has 1 aliphatic carbocycles. The Morgan fingerprint density at radius 2 is 2.00 bits per heavy atom. The summed E-state index contributed by atoms with van der Waals surface area (Å²) in [5.74, 6) is 10.6. The van der Waals surface area contributed by atoms with Gasteiger partial charge in [0.1, 0.15) is 0 Å². The zero-order valence-corrected chi connectivity index (χ0v) is 6.44. The van der Waals surface area contributed by atoms with Crippen molar-refractivity contribution in [2.24, 2.45) is 0 Å². The molecule has 0 aromatic carbocycles. The maximum atomic E-state index is 10.9. The first-order chi connectivity index (χ1) is 5.39. The molecule has 1 aliphatic rings. The summed E-state index contributed by atoms with van der Waals surface area (Å²) in [7, 11) is 0. The number of hydrogen-bond donors (Lipinski definition) is 0. The Morgan fingerprint density at radius 1 is 1.09 bits per heavy atom. The van der Waals surface area contributed by atoms with Crippen LogP contribution in [0.1, 0.15) is 32.1 Å². The molecule has 1 nitrogen and oxygen atoms in total. The van der Waals surface area contributed by atoms with E-state index in [4.69, 9.17) is 0 Å². The fourth-order valence-corrected chi connectivity index (χ4v) is 0.946. The molecule has 0 N–H and O–H groups in total. The predicted molar refractivity (Wildman–Crippen MR) is 43.6 cm³/mol. The molecule has 0 amide bonds. The van der Waals surface area contributed by atoms with Crippen LogP contribution in [0.2, 0.25) is 0 Å². The van der Waals surface area contributed by atoms with Crippen molar-refractivity contribution in [3.05, 3.63) is 0 Å². The van der Waals surface area contributed by atoms with Gasteiger partial charge in [-0.25, -0.2) is 0 Å². The summed E-state index contributed by atoms with van der Waals surface area (Å²) in [4.78, 5) is 10.9. The Labute approximate surface area is 67.2 Å². The number of rotatable bonds is 0. The summed E-state index contributed by atoms with van der Waals surface area (Å²) >= 11 is 0. The highest BCUT2D eigenvalue weighted by molar-refractivity contribution is 5.95. The Kier molecular flexibility index (Phi) is 3.29. The number of Topliss-reactive ketones (excluding diaryl/α,β-unsaturated/α-hetero) is 1. The normalized spacial score (nSPS) is 17.3. The van der Waals surface area contributed by atoms with E-state index in [1.807, 2.05) is 0 Å². The van der Waals surface area contributed by atoms with Crippen molar-refractivity contribution in [3.63, 3.8) is 0 Å². The molecule has 0 unspecified atom stereocenters. The van der Waals surface area contributed by atoms with E-state index in [1.165, 1.54) is 0 Å². The first-order valence-electron chi connectivity index (χ1n) is 3.91. The standard InChI is InChI=1S/C10H10O/c11-10-8-6-4-2-1-3-5-7-9-10/h1-2,4,6,8H2. The zero-order chi connectivity index (χ0) is 7.94. The third-order valence-electron chi connectivity index (χ3n) is 1.56. The average Bonchev–Trinajstić information content (AvgIpc) is 2.03. The summed E-state index contributed by atoms with van der Waals surface area (Å²) in [5, 5.41) is 0. The Hall–Kier alpha value is -1.21. The van der Waals surface area contributed by atoms with E-state index in [0.29, 0.717) is 6.42 Å². The van der Waals surface area contributed by atoms with Crippen molar-refractivity contribution in [1.82, 2.24) is 0 Å². The molecule has 0 atom stereocenters. The van der Waals surface area contributed by atoms with Crippen molar-refractivity contribution in [3.8, 4) is 23.7 Å². The molecule has 0 heterocycles. The molecular weight excluding hydrogens is 136 g/mol. The van der Waals surface area contributed by atoms with Crippen molar-refractivity contribution >= 4 is 5.78 Å². The number of carbonyl (C=O) groups excluding carboxylic acids is 1. The Morgan fingerprint density at radius 3 is 2.91 bits per heavy atom. The van der Waals surface area contributed by atoms with Gasteiger partial charge in [0.05, 0.1) is 0 Å². The monoisotopic (exact) mass is 146 g/mol. The van der Waals surface area contributed by atoms with Gasteiger partial charge in [0, 0.05) is 12.8 Å². The minimum atomic E-state index is 0.0289. The average molecular weight is 146 g/mol. The second-order valence-corrected chi connectivity index (χ2v) is 2.54. The summed E-state index contributed by atoms with van der Waals surface area (Å²) in [5.41, 5.74) is 0. The van der Waals surface area contributed by atoms with Crippen LogP contribution in [-0.4, -0.2) is 5.78 Å². The lowest BCUT2D eigenvalue weighted by molar-refractivity contribution is -0.113. The molecule has 0 aliphatic heterocycles. The minimum absolute atomic E-state index is 0.0289. The van der Waals surface area contributed by atoms with Crippen LogP contribution < -0.4 is 0 Å². The number of hydrogen-bond acceptors (Lipinski definition) is 1. The molecule has 11 heavy (non-hydrogen) atoms. The van der Waals surface area contributed by atoms with Crippen LogP contribution in [0.15, 0.2) is 0 Å².